The lowest BCUT2D eigenvalue weighted by Crippen LogP contribution is -2.42. The molecular weight excluding hydrogens is 438 g/mol. The van der Waals surface area contributed by atoms with E-state index >= 15 is 0 Å². The van der Waals surface area contributed by atoms with E-state index in [0.29, 0.717) is 6.04 Å². The van der Waals surface area contributed by atoms with Gasteiger partial charge < -0.3 is 15.2 Å². The lowest BCUT2D eigenvalue weighted by molar-refractivity contribution is 0.182. The van der Waals surface area contributed by atoms with Crippen molar-refractivity contribution in [2.24, 2.45) is 5.92 Å². The predicted molar refractivity (Wildman–Crippen MR) is 144 cm³/mol. The fourth-order valence-electron chi connectivity index (χ4n) is 4.56. The third-order valence-electron chi connectivity index (χ3n) is 8.02. The Morgan fingerprint density at radius 3 is 2.59 bits per heavy atom. The van der Waals surface area contributed by atoms with Crippen molar-refractivity contribution in [1.29, 1.82) is 5.41 Å². The van der Waals surface area contributed by atoms with Crippen LogP contribution in [-0.4, -0.2) is 61.2 Å². The summed E-state index contributed by atoms with van der Waals surface area (Å²) in [7, 11) is -1.63. The molecule has 0 bridgehead atoms. The minimum atomic E-state index is -1.63. The van der Waals surface area contributed by atoms with Gasteiger partial charge in [-0.2, -0.15) is 0 Å². The van der Waals surface area contributed by atoms with Gasteiger partial charge in [-0.25, -0.2) is 4.98 Å². The van der Waals surface area contributed by atoms with Gasteiger partial charge in [0.15, 0.2) is 8.32 Å². The van der Waals surface area contributed by atoms with Crippen LogP contribution in [0.5, 0.6) is 0 Å². The largest absolute Gasteiger partial charge is 0.417 e. The van der Waals surface area contributed by atoms with Crippen LogP contribution in [0.4, 0.5) is 0 Å². The maximum Gasteiger partial charge on any atom is 0.191 e. The van der Waals surface area contributed by atoms with Crippen molar-refractivity contribution < 1.29 is 4.43 Å². The molecule has 184 valence electrons. The molecule has 2 atom stereocenters. The molecule has 0 spiro atoms. The van der Waals surface area contributed by atoms with Crippen LogP contribution in [0.2, 0.25) is 18.1 Å². The molecule has 1 saturated carbocycles. The molecule has 0 radical (unpaired) electrons. The van der Waals surface area contributed by atoms with E-state index in [-0.39, 0.29) is 5.04 Å². The first-order valence-corrected chi connectivity index (χ1v) is 15.7. The van der Waals surface area contributed by atoms with Crippen LogP contribution < -0.4 is 5.32 Å². The predicted octanol–water partition coefficient (Wildman–Crippen LogP) is 5.47. The number of nitrogens with zero attached hydrogens (tertiary/aromatic N) is 3. The van der Waals surface area contributed by atoms with Crippen LogP contribution in [0.15, 0.2) is 36.7 Å². The Bertz CT molecular complexity index is 1020. The second kappa shape index (κ2) is 10.3. The van der Waals surface area contributed by atoms with Gasteiger partial charge >= 0.3 is 0 Å². The Labute approximate surface area is 205 Å². The fourth-order valence-corrected chi connectivity index (χ4v) is 5.62. The fraction of sp³-hybridized carbons (Fsp3) is 0.593. The average Bonchev–Trinajstić information content (AvgIpc) is 3.58. The zero-order valence-corrected chi connectivity index (χ0v) is 22.5. The smallest absolute Gasteiger partial charge is 0.191 e. The van der Waals surface area contributed by atoms with E-state index in [1.165, 1.54) is 19.1 Å². The summed E-state index contributed by atoms with van der Waals surface area (Å²) in [5.74, 6) is 0.810. The molecular formula is C27H41N5OSi. The summed E-state index contributed by atoms with van der Waals surface area (Å²) in [4.78, 5) is 11.8. The third kappa shape index (κ3) is 5.93. The van der Waals surface area contributed by atoms with Crippen molar-refractivity contribution in [2.45, 2.75) is 76.7 Å². The molecule has 2 N–H and O–H groups in total. The van der Waals surface area contributed by atoms with Gasteiger partial charge in [-0.3, -0.25) is 9.88 Å². The van der Waals surface area contributed by atoms with Crippen LogP contribution in [0.1, 0.15) is 52.1 Å². The topological polar surface area (TPSA) is 74.1 Å². The lowest BCUT2D eigenvalue weighted by Gasteiger charge is -2.36. The molecule has 1 aliphatic carbocycles. The highest BCUT2D eigenvalue weighted by Crippen LogP contribution is 2.41. The van der Waals surface area contributed by atoms with E-state index in [1.807, 2.05) is 30.5 Å². The van der Waals surface area contributed by atoms with E-state index in [4.69, 9.17) is 9.84 Å². The van der Waals surface area contributed by atoms with Crippen molar-refractivity contribution in [2.75, 3.05) is 19.7 Å². The Kier molecular flexibility index (Phi) is 7.55. The standard InChI is InChI=1S/C27H41N5OSi/c1-27(2,3)34(4,5)33-15-12-20-16-26(20)32-13-10-22(11-14-32)29-18-21(17-28)25-19-30-23-8-6-7-9-24(23)31-25/h6-9,17-20,22,26,28-29H,10-16H2,1-5H3/b21-18+,28-17?. The number of hydrogen-bond donors (Lipinski definition) is 2. The van der Waals surface area contributed by atoms with Crippen LogP contribution in [0, 0.1) is 11.3 Å². The molecule has 6 nitrogen and oxygen atoms in total. The molecule has 1 saturated heterocycles. The number of allylic oxidation sites excluding steroid dienone is 1. The van der Waals surface area contributed by atoms with Gasteiger partial charge in [-0.05, 0) is 61.9 Å². The third-order valence-corrected chi connectivity index (χ3v) is 12.6. The molecule has 2 aromatic rings. The van der Waals surface area contributed by atoms with E-state index in [9.17, 15) is 0 Å². The number of nitrogens with one attached hydrogen (secondary N) is 2. The van der Waals surface area contributed by atoms with E-state index in [0.717, 1.165) is 66.8 Å². The van der Waals surface area contributed by atoms with Crippen molar-refractivity contribution >= 4 is 31.1 Å². The van der Waals surface area contributed by atoms with Gasteiger partial charge in [0, 0.05) is 49.8 Å². The highest BCUT2D eigenvalue weighted by Gasteiger charge is 2.43. The monoisotopic (exact) mass is 479 g/mol. The molecule has 34 heavy (non-hydrogen) atoms. The van der Waals surface area contributed by atoms with Crippen molar-refractivity contribution in [3.63, 3.8) is 0 Å². The summed E-state index contributed by atoms with van der Waals surface area (Å²) in [5, 5.41) is 11.7. The molecule has 2 aliphatic rings. The number of hydrogen-bond acceptors (Lipinski definition) is 6. The summed E-state index contributed by atoms with van der Waals surface area (Å²) in [6.07, 6.45) is 9.87. The number of fused-ring (bicyclic) bond motifs is 1. The minimum Gasteiger partial charge on any atom is -0.417 e. The van der Waals surface area contributed by atoms with Gasteiger partial charge in [0.25, 0.3) is 0 Å². The number of rotatable bonds is 9. The quantitative estimate of drug-likeness (QED) is 0.368. The van der Waals surface area contributed by atoms with Gasteiger partial charge in [0.2, 0.25) is 0 Å². The van der Waals surface area contributed by atoms with Crippen LogP contribution in [0.3, 0.4) is 0 Å². The van der Waals surface area contributed by atoms with Crippen LogP contribution >= 0.6 is 0 Å². The second-order valence-corrected chi connectivity index (χ2v) is 16.2. The average molecular weight is 480 g/mol. The maximum atomic E-state index is 7.85. The second-order valence-electron chi connectivity index (χ2n) is 11.4. The van der Waals surface area contributed by atoms with E-state index < -0.39 is 8.32 Å². The van der Waals surface area contributed by atoms with Gasteiger partial charge in [0.1, 0.15) is 0 Å². The summed E-state index contributed by atoms with van der Waals surface area (Å²) >= 11 is 0. The van der Waals surface area contributed by atoms with E-state index in [1.54, 1.807) is 6.20 Å². The zero-order chi connectivity index (χ0) is 24.3. The first kappa shape index (κ1) is 25.0. The highest BCUT2D eigenvalue weighted by molar-refractivity contribution is 6.74. The van der Waals surface area contributed by atoms with Crippen LogP contribution in [-0.2, 0) is 4.43 Å². The Morgan fingerprint density at radius 2 is 1.91 bits per heavy atom. The van der Waals surface area contributed by atoms with Crippen molar-refractivity contribution in [3.05, 3.63) is 42.4 Å². The number of aromatic nitrogens is 2. The molecule has 7 heteroatoms. The molecule has 0 amide bonds. The Hall–Kier alpha value is -2.09. The summed E-state index contributed by atoms with van der Waals surface area (Å²) in [6, 6.07) is 9.04. The number of benzene rings is 1. The molecule has 2 fully saturated rings. The highest BCUT2D eigenvalue weighted by atomic mass is 28.4. The SMILES string of the molecule is CC(C)(C)[Si](C)(C)OCCC1CC1N1CCC(N/C=C(\C=N)c2cnc3ccccc3n2)CC1. The summed E-state index contributed by atoms with van der Waals surface area (Å²) in [5.41, 5.74) is 3.24. The van der Waals surface area contributed by atoms with Crippen molar-refractivity contribution in [1.82, 2.24) is 20.2 Å². The van der Waals surface area contributed by atoms with E-state index in [2.05, 4.69) is 54.0 Å². The zero-order valence-electron chi connectivity index (χ0n) is 21.5. The Morgan fingerprint density at radius 1 is 1.21 bits per heavy atom. The molecule has 4 rings (SSSR count). The van der Waals surface area contributed by atoms with Gasteiger partial charge in [0.05, 0.1) is 22.9 Å². The first-order chi connectivity index (χ1) is 16.2. The normalized spacial score (nSPS) is 22.7. The van der Waals surface area contributed by atoms with Crippen LogP contribution in [0.25, 0.3) is 16.6 Å². The number of para-hydroxylation sites is 2. The minimum absolute atomic E-state index is 0.289. The summed E-state index contributed by atoms with van der Waals surface area (Å²) in [6.45, 7) is 14.8. The van der Waals surface area contributed by atoms with Gasteiger partial charge in [-0.1, -0.05) is 32.9 Å². The number of piperidine rings is 1. The molecule has 1 aromatic heterocycles. The molecule has 1 aliphatic heterocycles. The van der Waals surface area contributed by atoms with Gasteiger partial charge in [-0.15, -0.1) is 0 Å². The molecule has 2 heterocycles. The first-order valence-electron chi connectivity index (χ1n) is 12.7. The molecule has 2 unspecified atom stereocenters. The molecule has 1 aromatic carbocycles. The number of likely N-dealkylation sites (tertiary alicyclic amines) is 1. The summed E-state index contributed by atoms with van der Waals surface area (Å²) < 4.78 is 6.40. The lowest BCUT2D eigenvalue weighted by atomic mass is 10.0. The van der Waals surface area contributed by atoms with Crippen molar-refractivity contribution in [3.8, 4) is 0 Å². The maximum absolute atomic E-state index is 7.85. The Balaban J connectivity index is 1.22.